The number of carbonyl (C=O) groups excluding carboxylic acids is 1. The van der Waals surface area contributed by atoms with Crippen molar-refractivity contribution < 1.29 is 4.79 Å². The van der Waals surface area contributed by atoms with E-state index in [1.807, 2.05) is 29.3 Å². The minimum atomic E-state index is -0.0878. The van der Waals surface area contributed by atoms with E-state index in [1.54, 1.807) is 0 Å². The van der Waals surface area contributed by atoms with Gasteiger partial charge in [-0.1, -0.05) is 36.4 Å². The fourth-order valence-corrected chi connectivity index (χ4v) is 4.93. The van der Waals surface area contributed by atoms with E-state index in [9.17, 15) is 4.79 Å². The van der Waals surface area contributed by atoms with Gasteiger partial charge in [0.15, 0.2) is 0 Å². The summed E-state index contributed by atoms with van der Waals surface area (Å²) in [4.78, 5) is 21.3. The Hall–Kier alpha value is -2.40. The first-order chi connectivity index (χ1) is 13.5. The number of hydrogen-bond donors (Lipinski definition) is 1. The second kappa shape index (κ2) is 7.55. The lowest BCUT2D eigenvalue weighted by molar-refractivity contribution is 0.0620. The van der Waals surface area contributed by atoms with E-state index >= 15 is 0 Å². The predicted octanol–water partition coefficient (Wildman–Crippen LogP) is 3.42. The molecule has 1 aromatic carbocycles. The van der Waals surface area contributed by atoms with Crippen LogP contribution in [0.5, 0.6) is 0 Å². The van der Waals surface area contributed by atoms with Gasteiger partial charge in [0.05, 0.1) is 5.54 Å². The van der Waals surface area contributed by atoms with E-state index < -0.39 is 0 Å². The van der Waals surface area contributed by atoms with E-state index in [0.29, 0.717) is 0 Å². The van der Waals surface area contributed by atoms with Crippen molar-refractivity contribution >= 4 is 6.03 Å². The van der Waals surface area contributed by atoms with Gasteiger partial charge in [0.25, 0.3) is 0 Å². The summed E-state index contributed by atoms with van der Waals surface area (Å²) < 4.78 is 0. The zero-order valence-electron chi connectivity index (χ0n) is 16.9. The number of urea groups is 1. The van der Waals surface area contributed by atoms with Crippen LogP contribution in [0.1, 0.15) is 36.9 Å². The number of pyridine rings is 1. The second-order valence-corrected chi connectivity index (χ2v) is 8.50. The Bertz CT molecular complexity index is 798. The first kappa shape index (κ1) is 18.9. The molecule has 0 radical (unpaired) electrons. The minimum absolute atomic E-state index is 0.0542. The number of benzene rings is 1. The van der Waals surface area contributed by atoms with Crippen LogP contribution < -0.4 is 5.32 Å². The molecule has 1 aliphatic carbocycles. The maximum atomic E-state index is 12.6. The van der Waals surface area contributed by atoms with Gasteiger partial charge in [0.1, 0.15) is 0 Å². The van der Waals surface area contributed by atoms with Crippen LogP contribution in [0.4, 0.5) is 4.79 Å². The summed E-state index contributed by atoms with van der Waals surface area (Å²) in [7, 11) is 4.36. The highest BCUT2D eigenvalue weighted by Crippen LogP contribution is 2.45. The SMILES string of the molecule is CN(C)C1(c2ccccc2)CCC2(CC1)CN(CCc1ccccn1)C(=O)N2. The fourth-order valence-electron chi connectivity index (χ4n) is 4.93. The van der Waals surface area contributed by atoms with Gasteiger partial charge in [-0.25, -0.2) is 4.79 Å². The van der Waals surface area contributed by atoms with E-state index in [2.05, 4.69) is 59.6 Å². The van der Waals surface area contributed by atoms with Gasteiger partial charge < -0.3 is 10.2 Å². The summed E-state index contributed by atoms with van der Waals surface area (Å²) in [6.45, 7) is 1.53. The molecule has 2 aliphatic rings. The lowest BCUT2D eigenvalue weighted by Crippen LogP contribution is -2.54. The highest BCUT2D eigenvalue weighted by molar-refractivity contribution is 5.78. The Morgan fingerprint density at radius 1 is 1.04 bits per heavy atom. The van der Waals surface area contributed by atoms with Gasteiger partial charge in [-0.3, -0.25) is 9.88 Å². The van der Waals surface area contributed by atoms with Gasteiger partial charge in [-0.05, 0) is 57.5 Å². The zero-order chi connectivity index (χ0) is 19.6. The topological polar surface area (TPSA) is 48.5 Å². The Balaban J connectivity index is 1.43. The molecule has 1 saturated heterocycles. The van der Waals surface area contributed by atoms with Crippen molar-refractivity contribution in [2.24, 2.45) is 0 Å². The first-order valence-corrected chi connectivity index (χ1v) is 10.2. The molecule has 5 nitrogen and oxygen atoms in total. The Labute approximate surface area is 167 Å². The number of nitrogens with one attached hydrogen (secondary N) is 1. The number of amides is 2. The smallest absolute Gasteiger partial charge is 0.317 e. The number of hydrogen-bond acceptors (Lipinski definition) is 3. The molecule has 2 amide bonds. The van der Waals surface area contributed by atoms with Crippen molar-refractivity contribution in [1.82, 2.24) is 20.1 Å². The van der Waals surface area contributed by atoms with E-state index in [4.69, 9.17) is 0 Å². The molecule has 148 valence electrons. The van der Waals surface area contributed by atoms with Gasteiger partial charge in [-0.15, -0.1) is 0 Å². The van der Waals surface area contributed by atoms with Crippen LogP contribution in [-0.2, 0) is 12.0 Å². The average Bonchev–Trinajstić information content (AvgIpc) is 3.03. The second-order valence-electron chi connectivity index (χ2n) is 8.50. The molecular formula is C23H30N4O. The summed E-state index contributed by atoms with van der Waals surface area (Å²) in [6, 6.07) is 16.8. The molecule has 0 unspecified atom stereocenters. The van der Waals surface area contributed by atoms with Crippen molar-refractivity contribution in [3.05, 3.63) is 66.0 Å². The van der Waals surface area contributed by atoms with Crippen molar-refractivity contribution in [1.29, 1.82) is 0 Å². The Morgan fingerprint density at radius 3 is 2.39 bits per heavy atom. The standard InChI is InChI=1S/C23H30N4O/c1-26(2)23(19-8-4-3-5-9-19)14-12-22(13-15-23)18-27(21(28)25-22)17-11-20-10-6-7-16-24-20/h3-10,16H,11-15,17-18H2,1-2H3,(H,25,28). The summed E-state index contributed by atoms with van der Waals surface area (Å²) >= 11 is 0. The van der Waals surface area contributed by atoms with Crippen LogP contribution >= 0.6 is 0 Å². The van der Waals surface area contributed by atoms with E-state index in [-0.39, 0.29) is 17.1 Å². The van der Waals surface area contributed by atoms with Crippen molar-refractivity contribution in [3.8, 4) is 0 Å². The third-order valence-electron chi connectivity index (χ3n) is 6.72. The number of rotatable bonds is 5. The Kier molecular flexibility index (Phi) is 5.11. The molecule has 1 aromatic heterocycles. The van der Waals surface area contributed by atoms with E-state index in [0.717, 1.165) is 50.9 Å². The average molecular weight is 379 g/mol. The van der Waals surface area contributed by atoms with Crippen molar-refractivity contribution in [2.45, 2.75) is 43.2 Å². The number of carbonyl (C=O) groups is 1. The highest BCUT2D eigenvalue weighted by Gasteiger charge is 2.49. The maximum Gasteiger partial charge on any atom is 0.317 e. The minimum Gasteiger partial charge on any atom is -0.331 e. The molecule has 2 aromatic rings. The summed E-state index contributed by atoms with van der Waals surface area (Å²) in [5.41, 5.74) is 2.38. The van der Waals surface area contributed by atoms with Crippen LogP contribution in [0.2, 0.25) is 0 Å². The number of aromatic nitrogens is 1. The van der Waals surface area contributed by atoms with Crippen LogP contribution in [0.25, 0.3) is 0 Å². The molecule has 1 aliphatic heterocycles. The molecule has 1 spiro atoms. The normalized spacial score (nSPS) is 27.4. The third kappa shape index (κ3) is 3.51. The van der Waals surface area contributed by atoms with E-state index in [1.165, 1.54) is 5.56 Å². The van der Waals surface area contributed by atoms with Crippen LogP contribution in [-0.4, -0.2) is 53.5 Å². The fraction of sp³-hybridized carbons (Fsp3) is 0.478. The van der Waals surface area contributed by atoms with Gasteiger partial charge in [0, 0.05) is 36.9 Å². The molecule has 0 atom stereocenters. The maximum absolute atomic E-state index is 12.6. The lowest BCUT2D eigenvalue weighted by atomic mass is 9.69. The molecule has 0 bridgehead atoms. The van der Waals surface area contributed by atoms with Crippen LogP contribution in [0.15, 0.2) is 54.7 Å². The van der Waals surface area contributed by atoms with Gasteiger partial charge >= 0.3 is 6.03 Å². The third-order valence-corrected chi connectivity index (χ3v) is 6.72. The molecule has 28 heavy (non-hydrogen) atoms. The summed E-state index contributed by atoms with van der Waals surface area (Å²) in [5, 5.41) is 3.33. The number of nitrogens with zero attached hydrogens (tertiary/aromatic N) is 3. The van der Waals surface area contributed by atoms with Crippen molar-refractivity contribution in [3.63, 3.8) is 0 Å². The quantitative estimate of drug-likeness (QED) is 0.867. The lowest BCUT2D eigenvalue weighted by Gasteiger charge is -2.48. The summed E-state index contributed by atoms with van der Waals surface area (Å²) in [5.74, 6) is 0. The van der Waals surface area contributed by atoms with Crippen LogP contribution in [0.3, 0.4) is 0 Å². The van der Waals surface area contributed by atoms with Gasteiger partial charge in [0.2, 0.25) is 0 Å². The van der Waals surface area contributed by atoms with Crippen molar-refractivity contribution in [2.75, 3.05) is 27.2 Å². The molecule has 2 fully saturated rings. The Morgan fingerprint density at radius 2 is 1.75 bits per heavy atom. The highest BCUT2D eigenvalue weighted by atomic mass is 16.2. The molecule has 2 heterocycles. The summed E-state index contributed by atoms with van der Waals surface area (Å²) in [6.07, 6.45) is 6.73. The predicted molar refractivity (Wildman–Crippen MR) is 111 cm³/mol. The first-order valence-electron chi connectivity index (χ1n) is 10.2. The van der Waals surface area contributed by atoms with Gasteiger partial charge in [-0.2, -0.15) is 0 Å². The molecular weight excluding hydrogens is 348 g/mol. The molecule has 1 saturated carbocycles. The monoisotopic (exact) mass is 378 g/mol. The molecule has 4 rings (SSSR count). The van der Waals surface area contributed by atoms with Crippen LogP contribution in [0, 0.1) is 0 Å². The molecule has 1 N–H and O–H groups in total. The largest absolute Gasteiger partial charge is 0.331 e. The zero-order valence-corrected chi connectivity index (χ0v) is 16.9. The molecule has 5 heteroatoms.